The first-order valence-corrected chi connectivity index (χ1v) is 7.08. The van der Waals surface area contributed by atoms with Crippen molar-refractivity contribution < 1.29 is 13.2 Å². The molecule has 0 saturated carbocycles. The first-order valence-electron chi connectivity index (χ1n) is 6.28. The maximum Gasteiger partial charge on any atom is 0.416 e. The van der Waals surface area contributed by atoms with Crippen LogP contribution in [0.5, 0.6) is 0 Å². The minimum absolute atomic E-state index is 0.136. The highest BCUT2D eigenvalue weighted by Crippen LogP contribution is 2.37. The Morgan fingerprint density at radius 1 is 1.10 bits per heavy atom. The van der Waals surface area contributed by atoms with Gasteiger partial charge in [0, 0.05) is 4.47 Å². The molecule has 112 valence electrons. The van der Waals surface area contributed by atoms with Gasteiger partial charge in [-0.05, 0) is 29.7 Å². The third kappa shape index (κ3) is 4.06. The predicted octanol–water partition coefficient (Wildman–Crippen LogP) is 4.22. The summed E-state index contributed by atoms with van der Waals surface area (Å²) in [4.78, 5) is 0. The summed E-state index contributed by atoms with van der Waals surface area (Å²) in [5.74, 6) is 5.47. The second-order valence-corrected chi connectivity index (χ2v) is 5.55. The van der Waals surface area contributed by atoms with E-state index in [-0.39, 0.29) is 5.56 Å². The smallest absolute Gasteiger partial charge is 0.271 e. The van der Waals surface area contributed by atoms with Crippen molar-refractivity contribution in [2.45, 2.75) is 18.6 Å². The van der Waals surface area contributed by atoms with E-state index in [0.29, 0.717) is 10.9 Å². The van der Waals surface area contributed by atoms with Crippen LogP contribution in [0.25, 0.3) is 0 Å². The van der Waals surface area contributed by atoms with Crippen LogP contribution >= 0.6 is 15.9 Å². The molecule has 2 nitrogen and oxygen atoms in total. The number of hydrazine groups is 1. The molecule has 0 radical (unpaired) electrons. The van der Waals surface area contributed by atoms with E-state index >= 15 is 0 Å². The number of benzene rings is 2. The molecule has 0 heterocycles. The van der Waals surface area contributed by atoms with E-state index in [2.05, 4.69) is 21.4 Å². The van der Waals surface area contributed by atoms with Gasteiger partial charge in [0.05, 0.1) is 11.6 Å². The maximum atomic E-state index is 13.2. The van der Waals surface area contributed by atoms with Gasteiger partial charge in [0.2, 0.25) is 0 Å². The van der Waals surface area contributed by atoms with Gasteiger partial charge in [-0.3, -0.25) is 11.3 Å². The fourth-order valence-electron chi connectivity index (χ4n) is 2.19. The lowest BCUT2D eigenvalue weighted by Gasteiger charge is -2.21. The highest BCUT2D eigenvalue weighted by molar-refractivity contribution is 9.10. The summed E-state index contributed by atoms with van der Waals surface area (Å²) in [5.41, 5.74) is 2.85. The SMILES string of the molecule is NNC(Cc1ccccc1)c1ccc(Br)cc1C(F)(F)F. The normalized spacial score (nSPS) is 13.2. The van der Waals surface area contributed by atoms with Gasteiger partial charge in [-0.25, -0.2) is 0 Å². The van der Waals surface area contributed by atoms with Crippen LogP contribution in [0.3, 0.4) is 0 Å². The Labute approximate surface area is 129 Å². The van der Waals surface area contributed by atoms with Crippen molar-refractivity contribution in [3.05, 3.63) is 69.7 Å². The third-order valence-corrected chi connectivity index (χ3v) is 3.67. The van der Waals surface area contributed by atoms with Crippen LogP contribution in [0.4, 0.5) is 13.2 Å². The monoisotopic (exact) mass is 358 g/mol. The number of rotatable bonds is 4. The second kappa shape index (κ2) is 6.60. The van der Waals surface area contributed by atoms with Gasteiger partial charge in [-0.2, -0.15) is 13.2 Å². The van der Waals surface area contributed by atoms with E-state index < -0.39 is 17.8 Å². The zero-order chi connectivity index (χ0) is 15.5. The molecular formula is C15H14BrF3N2. The highest BCUT2D eigenvalue weighted by Gasteiger charge is 2.35. The van der Waals surface area contributed by atoms with Crippen LogP contribution in [0, 0.1) is 0 Å². The number of hydrogen-bond acceptors (Lipinski definition) is 2. The lowest BCUT2D eigenvalue weighted by molar-refractivity contribution is -0.138. The van der Waals surface area contributed by atoms with Crippen molar-refractivity contribution in [3.63, 3.8) is 0 Å². The van der Waals surface area contributed by atoms with Gasteiger partial charge in [-0.15, -0.1) is 0 Å². The molecule has 0 fully saturated rings. The molecule has 0 spiro atoms. The Balaban J connectivity index is 2.38. The predicted molar refractivity (Wildman–Crippen MR) is 79.4 cm³/mol. The molecule has 0 aliphatic heterocycles. The van der Waals surface area contributed by atoms with Crippen molar-refractivity contribution >= 4 is 15.9 Å². The lowest BCUT2D eigenvalue weighted by Crippen LogP contribution is -2.31. The summed E-state index contributed by atoms with van der Waals surface area (Å²) >= 11 is 3.07. The number of alkyl halides is 3. The van der Waals surface area contributed by atoms with Crippen LogP contribution in [0.15, 0.2) is 53.0 Å². The lowest BCUT2D eigenvalue weighted by atomic mass is 9.95. The quantitative estimate of drug-likeness (QED) is 0.634. The average Bonchev–Trinajstić information content (AvgIpc) is 2.45. The number of hydrogen-bond donors (Lipinski definition) is 2. The van der Waals surface area contributed by atoms with Gasteiger partial charge < -0.3 is 0 Å². The Morgan fingerprint density at radius 2 is 1.76 bits per heavy atom. The molecule has 1 atom stereocenters. The van der Waals surface area contributed by atoms with Gasteiger partial charge in [0.1, 0.15) is 0 Å². The summed E-state index contributed by atoms with van der Waals surface area (Å²) in [6.07, 6.45) is -4.05. The molecule has 0 aromatic heterocycles. The van der Waals surface area contributed by atoms with Crippen LogP contribution in [-0.2, 0) is 12.6 Å². The maximum absolute atomic E-state index is 13.2. The molecule has 6 heteroatoms. The Hall–Kier alpha value is -1.37. The largest absolute Gasteiger partial charge is 0.416 e. The minimum atomic E-state index is -4.43. The summed E-state index contributed by atoms with van der Waals surface area (Å²) in [6.45, 7) is 0. The van der Waals surface area contributed by atoms with Crippen LogP contribution < -0.4 is 11.3 Å². The molecule has 1 unspecified atom stereocenters. The molecule has 0 bridgehead atoms. The second-order valence-electron chi connectivity index (χ2n) is 4.64. The van der Waals surface area contributed by atoms with Crippen LogP contribution in [0.1, 0.15) is 22.7 Å². The number of nitrogens with two attached hydrogens (primary N) is 1. The highest BCUT2D eigenvalue weighted by atomic mass is 79.9. The van der Waals surface area contributed by atoms with E-state index in [0.717, 1.165) is 11.6 Å². The zero-order valence-electron chi connectivity index (χ0n) is 11.0. The van der Waals surface area contributed by atoms with Crippen molar-refractivity contribution in [2.75, 3.05) is 0 Å². The van der Waals surface area contributed by atoms with Crippen molar-refractivity contribution in [3.8, 4) is 0 Å². The Morgan fingerprint density at radius 3 is 2.33 bits per heavy atom. The Bertz CT molecular complexity index is 600. The summed E-state index contributed by atoms with van der Waals surface area (Å²) < 4.78 is 39.9. The first-order chi connectivity index (χ1) is 9.91. The fraction of sp³-hybridized carbons (Fsp3) is 0.200. The van der Waals surface area contributed by atoms with Crippen molar-refractivity contribution in [2.24, 2.45) is 5.84 Å². The zero-order valence-corrected chi connectivity index (χ0v) is 12.6. The van der Waals surface area contributed by atoms with Gasteiger partial charge >= 0.3 is 6.18 Å². The number of halogens is 4. The molecule has 0 saturated heterocycles. The summed E-state index contributed by atoms with van der Waals surface area (Å²) in [7, 11) is 0. The Kier molecular flexibility index (Phi) is 5.03. The molecule has 2 rings (SSSR count). The summed E-state index contributed by atoms with van der Waals surface area (Å²) in [5, 5.41) is 0. The average molecular weight is 359 g/mol. The van der Waals surface area contributed by atoms with Crippen molar-refractivity contribution in [1.29, 1.82) is 0 Å². The molecule has 2 aromatic rings. The molecular weight excluding hydrogens is 345 g/mol. The molecule has 0 aliphatic rings. The summed E-state index contributed by atoms with van der Waals surface area (Å²) in [6, 6.07) is 12.7. The topological polar surface area (TPSA) is 38.0 Å². The molecule has 0 aliphatic carbocycles. The van der Waals surface area contributed by atoms with Crippen molar-refractivity contribution in [1.82, 2.24) is 5.43 Å². The molecule has 3 N–H and O–H groups in total. The third-order valence-electron chi connectivity index (χ3n) is 3.18. The van der Waals surface area contributed by atoms with E-state index in [1.54, 1.807) is 6.07 Å². The first kappa shape index (κ1) is 16.0. The number of nitrogens with one attached hydrogen (secondary N) is 1. The van der Waals surface area contributed by atoms with Crippen LogP contribution in [0.2, 0.25) is 0 Å². The molecule has 2 aromatic carbocycles. The van der Waals surface area contributed by atoms with Crippen LogP contribution in [-0.4, -0.2) is 0 Å². The van der Waals surface area contributed by atoms with Gasteiger partial charge in [0.25, 0.3) is 0 Å². The van der Waals surface area contributed by atoms with E-state index in [4.69, 9.17) is 5.84 Å². The standard InChI is InChI=1S/C15H14BrF3N2/c16-11-6-7-12(13(9-11)15(17,18)19)14(21-20)8-10-4-2-1-3-5-10/h1-7,9,14,21H,8,20H2. The van der Waals surface area contributed by atoms with Gasteiger partial charge in [0.15, 0.2) is 0 Å². The van der Waals surface area contributed by atoms with E-state index in [1.165, 1.54) is 6.07 Å². The molecule has 0 amide bonds. The van der Waals surface area contributed by atoms with Gasteiger partial charge in [-0.1, -0.05) is 52.3 Å². The van der Waals surface area contributed by atoms with E-state index in [1.807, 2.05) is 30.3 Å². The fourth-order valence-corrected chi connectivity index (χ4v) is 2.55. The minimum Gasteiger partial charge on any atom is -0.271 e. The molecule has 21 heavy (non-hydrogen) atoms. The van der Waals surface area contributed by atoms with E-state index in [9.17, 15) is 13.2 Å².